The van der Waals surface area contributed by atoms with Gasteiger partial charge >= 0.3 is 5.97 Å². The molecule has 0 aromatic heterocycles. The van der Waals surface area contributed by atoms with Crippen molar-refractivity contribution in [3.05, 3.63) is 0 Å². The number of aliphatic carboxylic acids is 1. The summed E-state index contributed by atoms with van der Waals surface area (Å²) in [5, 5.41) is 11.4. The SMILES string of the molecule is CO[C@H](C)[C@H]1C(=O)N[C@@H]1[C@@H](C)C(=O)O. The Labute approximate surface area is 82.4 Å². The highest BCUT2D eigenvalue weighted by molar-refractivity contribution is 5.88. The molecule has 0 aromatic rings. The van der Waals surface area contributed by atoms with Crippen LogP contribution >= 0.6 is 0 Å². The number of carbonyl (C=O) groups excluding carboxylic acids is 1. The summed E-state index contributed by atoms with van der Waals surface area (Å²) < 4.78 is 5.03. The van der Waals surface area contributed by atoms with Gasteiger partial charge in [-0.1, -0.05) is 0 Å². The molecular formula is C9H15NO4. The first-order valence-corrected chi connectivity index (χ1v) is 4.55. The zero-order chi connectivity index (χ0) is 10.9. The predicted octanol–water partition coefficient (Wildman–Crippen LogP) is -0.143. The third-order valence-corrected chi connectivity index (χ3v) is 2.80. The highest BCUT2D eigenvalue weighted by Crippen LogP contribution is 2.26. The number of carboxylic acids is 1. The molecule has 1 amide bonds. The summed E-state index contributed by atoms with van der Waals surface area (Å²) in [6.45, 7) is 3.35. The Morgan fingerprint density at radius 1 is 1.57 bits per heavy atom. The van der Waals surface area contributed by atoms with Gasteiger partial charge in [-0.25, -0.2) is 0 Å². The van der Waals surface area contributed by atoms with Crippen LogP contribution in [0, 0.1) is 11.8 Å². The van der Waals surface area contributed by atoms with Crippen molar-refractivity contribution in [2.24, 2.45) is 11.8 Å². The van der Waals surface area contributed by atoms with E-state index in [9.17, 15) is 9.59 Å². The van der Waals surface area contributed by atoms with Crippen molar-refractivity contribution in [2.75, 3.05) is 7.11 Å². The minimum Gasteiger partial charge on any atom is -0.481 e. The molecule has 1 aliphatic heterocycles. The number of hydrogen-bond acceptors (Lipinski definition) is 3. The van der Waals surface area contributed by atoms with E-state index >= 15 is 0 Å². The van der Waals surface area contributed by atoms with Crippen LogP contribution in [0.4, 0.5) is 0 Å². The molecule has 0 unspecified atom stereocenters. The summed E-state index contributed by atoms with van der Waals surface area (Å²) >= 11 is 0. The maximum absolute atomic E-state index is 11.2. The molecule has 5 nitrogen and oxygen atoms in total. The summed E-state index contributed by atoms with van der Waals surface area (Å²) in [6, 6.07) is -0.310. The molecule has 0 spiro atoms. The maximum atomic E-state index is 11.2. The Morgan fingerprint density at radius 3 is 2.50 bits per heavy atom. The van der Waals surface area contributed by atoms with Gasteiger partial charge in [0.25, 0.3) is 0 Å². The van der Waals surface area contributed by atoms with Crippen molar-refractivity contribution in [1.82, 2.24) is 5.32 Å². The first-order valence-electron chi connectivity index (χ1n) is 4.55. The number of hydrogen-bond donors (Lipinski definition) is 2. The number of rotatable bonds is 4. The van der Waals surface area contributed by atoms with E-state index in [4.69, 9.17) is 9.84 Å². The first kappa shape index (κ1) is 11.0. The molecule has 2 N–H and O–H groups in total. The normalized spacial score (nSPS) is 30.1. The first-order chi connectivity index (χ1) is 6.49. The van der Waals surface area contributed by atoms with Gasteiger partial charge in [0.2, 0.25) is 5.91 Å². The van der Waals surface area contributed by atoms with Crippen LogP contribution in [0.3, 0.4) is 0 Å². The number of amides is 1. The smallest absolute Gasteiger partial charge is 0.308 e. The second-order valence-electron chi connectivity index (χ2n) is 3.63. The van der Waals surface area contributed by atoms with Gasteiger partial charge in [0.15, 0.2) is 0 Å². The van der Waals surface area contributed by atoms with Gasteiger partial charge in [-0.2, -0.15) is 0 Å². The molecular weight excluding hydrogens is 186 g/mol. The van der Waals surface area contributed by atoms with Gasteiger partial charge in [-0.15, -0.1) is 0 Å². The van der Waals surface area contributed by atoms with Crippen LogP contribution in [-0.4, -0.2) is 36.2 Å². The van der Waals surface area contributed by atoms with Crippen molar-refractivity contribution in [3.63, 3.8) is 0 Å². The Balaban J connectivity index is 2.65. The standard InChI is InChI=1S/C9H15NO4/c1-4(9(12)13)7-6(5(2)14-3)8(11)10-7/h4-7H,1-3H3,(H,10,11)(H,12,13)/t4-,5-,6-,7-/m1/s1. The van der Waals surface area contributed by atoms with Gasteiger partial charge in [-0.3, -0.25) is 9.59 Å². The summed E-state index contributed by atoms with van der Waals surface area (Å²) in [7, 11) is 1.51. The van der Waals surface area contributed by atoms with Crippen molar-refractivity contribution < 1.29 is 19.4 Å². The Morgan fingerprint density at radius 2 is 2.14 bits per heavy atom. The van der Waals surface area contributed by atoms with E-state index in [1.807, 2.05) is 0 Å². The minimum absolute atomic E-state index is 0.127. The van der Waals surface area contributed by atoms with Gasteiger partial charge in [0.1, 0.15) is 0 Å². The molecule has 14 heavy (non-hydrogen) atoms. The fourth-order valence-electron chi connectivity index (χ4n) is 1.66. The van der Waals surface area contributed by atoms with Crippen LogP contribution in [0.25, 0.3) is 0 Å². The second-order valence-corrected chi connectivity index (χ2v) is 3.63. The van der Waals surface area contributed by atoms with Gasteiger partial charge in [0.05, 0.1) is 24.0 Å². The zero-order valence-electron chi connectivity index (χ0n) is 8.48. The molecule has 4 atom stereocenters. The van der Waals surface area contributed by atoms with E-state index in [0.717, 1.165) is 0 Å². The third-order valence-electron chi connectivity index (χ3n) is 2.80. The monoisotopic (exact) mass is 201 g/mol. The highest BCUT2D eigenvalue weighted by atomic mass is 16.5. The van der Waals surface area contributed by atoms with E-state index in [1.54, 1.807) is 13.8 Å². The van der Waals surface area contributed by atoms with E-state index < -0.39 is 11.9 Å². The molecule has 1 saturated heterocycles. The van der Waals surface area contributed by atoms with Gasteiger partial charge in [0, 0.05) is 7.11 Å². The van der Waals surface area contributed by atoms with E-state index in [-0.39, 0.29) is 24.0 Å². The number of ether oxygens (including phenoxy) is 1. The molecule has 0 bridgehead atoms. The van der Waals surface area contributed by atoms with E-state index in [2.05, 4.69) is 5.32 Å². The van der Waals surface area contributed by atoms with Crippen LogP contribution in [0.1, 0.15) is 13.8 Å². The van der Waals surface area contributed by atoms with E-state index in [0.29, 0.717) is 0 Å². The quantitative estimate of drug-likeness (QED) is 0.620. The molecule has 80 valence electrons. The van der Waals surface area contributed by atoms with Crippen LogP contribution < -0.4 is 5.32 Å². The van der Waals surface area contributed by atoms with Crippen molar-refractivity contribution in [3.8, 4) is 0 Å². The average molecular weight is 201 g/mol. The highest BCUT2D eigenvalue weighted by Gasteiger charge is 2.47. The lowest BCUT2D eigenvalue weighted by Crippen LogP contribution is -2.65. The molecule has 1 heterocycles. The molecule has 5 heteroatoms. The lowest BCUT2D eigenvalue weighted by Gasteiger charge is -2.41. The Hall–Kier alpha value is -1.10. The number of carboxylic acid groups (broad SMARTS) is 1. The molecule has 1 rings (SSSR count). The molecule has 0 saturated carbocycles. The molecule has 1 aliphatic rings. The van der Waals surface area contributed by atoms with Gasteiger partial charge in [-0.05, 0) is 13.8 Å². The van der Waals surface area contributed by atoms with E-state index in [1.165, 1.54) is 7.11 Å². The molecule has 1 fully saturated rings. The lowest BCUT2D eigenvalue weighted by atomic mass is 9.79. The molecule has 0 aliphatic carbocycles. The maximum Gasteiger partial charge on any atom is 0.308 e. The number of β-lactam (4-membered cyclic amide) rings is 1. The van der Waals surface area contributed by atoms with Crippen molar-refractivity contribution >= 4 is 11.9 Å². The number of nitrogens with one attached hydrogen (secondary N) is 1. The fourth-order valence-corrected chi connectivity index (χ4v) is 1.66. The summed E-state index contributed by atoms with van der Waals surface area (Å²) in [5.41, 5.74) is 0. The molecule has 0 radical (unpaired) electrons. The largest absolute Gasteiger partial charge is 0.481 e. The Kier molecular flexibility index (Phi) is 3.10. The minimum atomic E-state index is -0.900. The van der Waals surface area contributed by atoms with Crippen LogP contribution in [0.2, 0.25) is 0 Å². The third kappa shape index (κ3) is 1.72. The van der Waals surface area contributed by atoms with Crippen LogP contribution in [-0.2, 0) is 14.3 Å². The summed E-state index contributed by atoms with van der Waals surface area (Å²) in [4.78, 5) is 21.9. The van der Waals surface area contributed by atoms with Gasteiger partial charge < -0.3 is 15.2 Å². The zero-order valence-corrected chi connectivity index (χ0v) is 8.48. The molecule has 0 aromatic carbocycles. The van der Waals surface area contributed by atoms with Crippen LogP contribution in [0.15, 0.2) is 0 Å². The van der Waals surface area contributed by atoms with Crippen molar-refractivity contribution in [1.29, 1.82) is 0 Å². The Bertz CT molecular complexity index is 253. The topological polar surface area (TPSA) is 75.6 Å². The van der Waals surface area contributed by atoms with Crippen LogP contribution in [0.5, 0.6) is 0 Å². The second kappa shape index (κ2) is 3.96. The fraction of sp³-hybridized carbons (Fsp3) is 0.778. The average Bonchev–Trinajstić information content (AvgIpc) is 2.12. The van der Waals surface area contributed by atoms with Crippen molar-refractivity contribution in [2.45, 2.75) is 26.0 Å². The lowest BCUT2D eigenvalue weighted by molar-refractivity contribution is -0.152. The summed E-state index contributed by atoms with van der Waals surface area (Å²) in [5.74, 6) is -1.94. The predicted molar refractivity (Wildman–Crippen MR) is 48.7 cm³/mol. The summed E-state index contributed by atoms with van der Waals surface area (Å²) in [6.07, 6.45) is -0.240. The number of methoxy groups -OCH3 is 1. The number of carbonyl (C=O) groups is 2.